The third-order valence-electron chi connectivity index (χ3n) is 3.10. The van der Waals surface area contributed by atoms with E-state index in [0.717, 1.165) is 29.4 Å². The number of benzene rings is 1. The van der Waals surface area contributed by atoms with Crippen molar-refractivity contribution in [3.05, 3.63) is 34.4 Å². The average Bonchev–Trinajstić information content (AvgIpc) is 2.76. The van der Waals surface area contributed by atoms with E-state index in [1.807, 2.05) is 11.4 Å². The molecule has 0 saturated carbocycles. The Morgan fingerprint density at radius 1 is 1.44 bits per heavy atom. The molecule has 1 N–H and O–H groups in total. The summed E-state index contributed by atoms with van der Waals surface area (Å²) < 4.78 is 18.5. The van der Waals surface area contributed by atoms with E-state index in [4.69, 9.17) is 4.74 Å². The summed E-state index contributed by atoms with van der Waals surface area (Å²) >= 11 is 1.64. The molecule has 1 fully saturated rings. The standard InChI is InChI=1S/C13H13FN2OS/c1-17-12-3-2-8(4-10(12)14)11-7-18-13(16-11)9-5-15-6-9/h2-4,7,9,15H,5-6H2,1H3. The van der Waals surface area contributed by atoms with Crippen LogP contribution in [0.15, 0.2) is 23.6 Å². The van der Waals surface area contributed by atoms with Gasteiger partial charge in [0.1, 0.15) is 0 Å². The highest BCUT2D eigenvalue weighted by Gasteiger charge is 2.22. The van der Waals surface area contributed by atoms with Gasteiger partial charge in [0.05, 0.1) is 17.8 Å². The van der Waals surface area contributed by atoms with Crippen molar-refractivity contribution < 1.29 is 9.13 Å². The van der Waals surface area contributed by atoms with Gasteiger partial charge in [0, 0.05) is 30.0 Å². The number of ether oxygens (including phenoxy) is 1. The summed E-state index contributed by atoms with van der Waals surface area (Å²) in [6.07, 6.45) is 0. The fraction of sp³-hybridized carbons (Fsp3) is 0.308. The molecule has 0 unspecified atom stereocenters. The quantitative estimate of drug-likeness (QED) is 0.925. The average molecular weight is 264 g/mol. The van der Waals surface area contributed by atoms with Crippen molar-refractivity contribution >= 4 is 11.3 Å². The molecule has 0 bridgehead atoms. The Morgan fingerprint density at radius 2 is 2.28 bits per heavy atom. The molecular formula is C13H13FN2OS. The number of aromatic nitrogens is 1. The van der Waals surface area contributed by atoms with E-state index < -0.39 is 0 Å². The van der Waals surface area contributed by atoms with Crippen molar-refractivity contribution in [2.24, 2.45) is 0 Å². The Kier molecular flexibility index (Phi) is 3.01. The van der Waals surface area contributed by atoms with Gasteiger partial charge >= 0.3 is 0 Å². The molecule has 2 aromatic rings. The van der Waals surface area contributed by atoms with Crippen LogP contribution in [0.25, 0.3) is 11.3 Å². The van der Waals surface area contributed by atoms with Crippen LogP contribution in [0.2, 0.25) is 0 Å². The number of nitrogens with zero attached hydrogens (tertiary/aromatic N) is 1. The number of hydrogen-bond donors (Lipinski definition) is 1. The van der Waals surface area contributed by atoms with Gasteiger partial charge < -0.3 is 10.1 Å². The van der Waals surface area contributed by atoms with Crippen LogP contribution >= 0.6 is 11.3 Å². The molecule has 0 atom stereocenters. The fourth-order valence-electron chi connectivity index (χ4n) is 1.90. The zero-order valence-corrected chi connectivity index (χ0v) is 10.8. The lowest BCUT2D eigenvalue weighted by Crippen LogP contribution is -2.39. The second-order valence-electron chi connectivity index (χ2n) is 4.28. The molecule has 0 radical (unpaired) electrons. The molecular weight excluding hydrogens is 251 g/mol. The molecule has 3 nitrogen and oxygen atoms in total. The zero-order valence-electron chi connectivity index (χ0n) is 9.94. The summed E-state index contributed by atoms with van der Waals surface area (Å²) in [6.45, 7) is 1.98. The Labute approximate surface area is 109 Å². The van der Waals surface area contributed by atoms with Crippen LogP contribution in [0, 0.1) is 5.82 Å². The third kappa shape index (κ3) is 2.00. The van der Waals surface area contributed by atoms with Crippen molar-refractivity contribution in [1.29, 1.82) is 0 Å². The number of methoxy groups -OCH3 is 1. The van der Waals surface area contributed by atoms with Crippen LogP contribution < -0.4 is 10.1 Å². The summed E-state index contributed by atoms with van der Waals surface area (Å²) in [4.78, 5) is 4.57. The first-order valence-electron chi connectivity index (χ1n) is 5.78. The molecule has 1 aliphatic heterocycles. The van der Waals surface area contributed by atoms with E-state index in [9.17, 15) is 4.39 Å². The van der Waals surface area contributed by atoms with Crippen molar-refractivity contribution in [1.82, 2.24) is 10.3 Å². The van der Waals surface area contributed by atoms with Gasteiger partial charge in [-0.3, -0.25) is 0 Å². The smallest absolute Gasteiger partial charge is 0.165 e. The number of hydrogen-bond acceptors (Lipinski definition) is 4. The SMILES string of the molecule is COc1ccc(-c2csc(C3CNC3)n2)cc1F. The lowest BCUT2D eigenvalue weighted by atomic mass is 10.1. The normalized spacial score (nSPS) is 15.4. The fourth-order valence-corrected chi connectivity index (χ4v) is 2.83. The maximum Gasteiger partial charge on any atom is 0.165 e. The highest BCUT2D eigenvalue weighted by atomic mass is 32.1. The van der Waals surface area contributed by atoms with Crippen LogP contribution in [0.4, 0.5) is 4.39 Å². The molecule has 1 aromatic heterocycles. The van der Waals surface area contributed by atoms with Gasteiger partial charge in [-0.15, -0.1) is 11.3 Å². The molecule has 18 heavy (non-hydrogen) atoms. The Hall–Kier alpha value is -1.46. The van der Waals surface area contributed by atoms with Crippen LogP contribution in [0.3, 0.4) is 0 Å². The van der Waals surface area contributed by atoms with Crippen LogP contribution in [-0.2, 0) is 0 Å². The number of halogens is 1. The van der Waals surface area contributed by atoms with Crippen LogP contribution in [0.1, 0.15) is 10.9 Å². The topological polar surface area (TPSA) is 34.1 Å². The Morgan fingerprint density at radius 3 is 2.89 bits per heavy atom. The van der Waals surface area contributed by atoms with Gasteiger partial charge in [-0.25, -0.2) is 9.37 Å². The number of thiazole rings is 1. The largest absolute Gasteiger partial charge is 0.494 e. The molecule has 0 amide bonds. The first-order valence-corrected chi connectivity index (χ1v) is 6.66. The van der Waals surface area contributed by atoms with Gasteiger partial charge in [0.25, 0.3) is 0 Å². The number of rotatable bonds is 3. The minimum atomic E-state index is -0.352. The van der Waals surface area contributed by atoms with Crippen LogP contribution in [0.5, 0.6) is 5.75 Å². The Balaban J connectivity index is 1.89. The molecule has 1 saturated heterocycles. The molecule has 1 aliphatic rings. The second-order valence-corrected chi connectivity index (χ2v) is 5.17. The summed E-state index contributed by atoms with van der Waals surface area (Å²) in [5.41, 5.74) is 1.63. The first kappa shape index (κ1) is 11.6. The van der Waals surface area contributed by atoms with Crippen molar-refractivity contribution in [3.8, 4) is 17.0 Å². The molecule has 1 aromatic carbocycles. The van der Waals surface area contributed by atoms with Gasteiger partial charge in [0.2, 0.25) is 0 Å². The molecule has 0 spiro atoms. The second kappa shape index (κ2) is 4.66. The summed E-state index contributed by atoms with van der Waals surface area (Å²) in [6, 6.07) is 4.94. The van der Waals surface area contributed by atoms with Gasteiger partial charge in [-0.1, -0.05) is 0 Å². The highest BCUT2D eigenvalue weighted by Crippen LogP contribution is 2.30. The molecule has 5 heteroatoms. The highest BCUT2D eigenvalue weighted by molar-refractivity contribution is 7.10. The molecule has 2 heterocycles. The lowest BCUT2D eigenvalue weighted by Gasteiger charge is -2.24. The number of nitrogens with one attached hydrogen (secondary N) is 1. The molecule has 0 aliphatic carbocycles. The van der Waals surface area contributed by atoms with Crippen molar-refractivity contribution in [2.45, 2.75) is 5.92 Å². The van der Waals surface area contributed by atoms with Gasteiger partial charge in [0.15, 0.2) is 11.6 Å². The maximum atomic E-state index is 13.6. The minimum absolute atomic E-state index is 0.261. The van der Waals surface area contributed by atoms with E-state index in [1.54, 1.807) is 17.4 Å². The first-order chi connectivity index (χ1) is 8.78. The summed E-state index contributed by atoms with van der Waals surface area (Å²) in [5, 5.41) is 6.33. The van der Waals surface area contributed by atoms with E-state index in [-0.39, 0.29) is 11.6 Å². The van der Waals surface area contributed by atoms with E-state index in [2.05, 4.69) is 10.3 Å². The maximum absolute atomic E-state index is 13.6. The summed E-state index contributed by atoms with van der Waals surface area (Å²) in [5.74, 6) is 0.430. The Bertz CT molecular complexity index is 566. The predicted molar refractivity (Wildman–Crippen MR) is 69.7 cm³/mol. The van der Waals surface area contributed by atoms with Gasteiger partial charge in [-0.05, 0) is 18.2 Å². The van der Waals surface area contributed by atoms with Gasteiger partial charge in [-0.2, -0.15) is 0 Å². The van der Waals surface area contributed by atoms with E-state index in [0.29, 0.717) is 5.92 Å². The zero-order chi connectivity index (χ0) is 12.5. The predicted octanol–water partition coefficient (Wildman–Crippen LogP) is 2.64. The molecule has 3 rings (SSSR count). The molecule has 94 valence electrons. The third-order valence-corrected chi connectivity index (χ3v) is 4.11. The van der Waals surface area contributed by atoms with E-state index in [1.165, 1.54) is 13.2 Å². The minimum Gasteiger partial charge on any atom is -0.494 e. The summed E-state index contributed by atoms with van der Waals surface area (Å²) in [7, 11) is 1.46. The van der Waals surface area contributed by atoms with Crippen molar-refractivity contribution in [3.63, 3.8) is 0 Å². The van der Waals surface area contributed by atoms with E-state index >= 15 is 0 Å². The van der Waals surface area contributed by atoms with Crippen molar-refractivity contribution in [2.75, 3.05) is 20.2 Å². The lowest BCUT2D eigenvalue weighted by molar-refractivity contribution is 0.386. The van der Waals surface area contributed by atoms with Crippen LogP contribution in [-0.4, -0.2) is 25.2 Å². The monoisotopic (exact) mass is 264 g/mol.